The van der Waals surface area contributed by atoms with Crippen LogP contribution in [0.5, 0.6) is 5.75 Å². The van der Waals surface area contributed by atoms with Crippen molar-refractivity contribution in [3.63, 3.8) is 0 Å². The summed E-state index contributed by atoms with van der Waals surface area (Å²) in [5.74, 6) is 0.729. The molecule has 2 aromatic carbocycles. The number of carbonyl (C=O) groups is 2. The molecule has 2 aromatic rings. The van der Waals surface area contributed by atoms with E-state index in [-0.39, 0.29) is 17.9 Å². The van der Waals surface area contributed by atoms with Crippen molar-refractivity contribution in [2.24, 2.45) is 0 Å². The molecule has 136 valence electrons. The lowest BCUT2D eigenvalue weighted by Crippen LogP contribution is -2.28. The van der Waals surface area contributed by atoms with Gasteiger partial charge in [-0.25, -0.2) is 0 Å². The molecule has 0 saturated carbocycles. The molecule has 1 aliphatic rings. The second kappa shape index (κ2) is 7.60. The highest BCUT2D eigenvalue weighted by atomic mass is 16.5. The molecule has 2 amide bonds. The van der Waals surface area contributed by atoms with E-state index >= 15 is 0 Å². The molecule has 0 spiro atoms. The molecule has 0 bridgehead atoms. The number of fused-ring (bicyclic) bond motifs is 1. The summed E-state index contributed by atoms with van der Waals surface area (Å²) in [6.45, 7) is 4.29. The normalized spacial score (nSPS) is 13.9. The van der Waals surface area contributed by atoms with E-state index in [0.29, 0.717) is 12.1 Å². The zero-order valence-corrected chi connectivity index (χ0v) is 15.4. The number of methoxy groups -OCH3 is 1. The maximum Gasteiger partial charge on any atom is 0.251 e. The van der Waals surface area contributed by atoms with Gasteiger partial charge in [-0.3, -0.25) is 9.59 Å². The summed E-state index contributed by atoms with van der Waals surface area (Å²) in [7, 11) is 1.63. The van der Waals surface area contributed by atoms with Crippen molar-refractivity contribution in [2.75, 3.05) is 18.6 Å². The summed E-state index contributed by atoms with van der Waals surface area (Å²) in [4.78, 5) is 26.1. The fourth-order valence-corrected chi connectivity index (χ4v) is 3.37. The first-order chi connectivity index (χ1) is 12.5. The van der Waals surface area contributed by atoms with Crippen molar-refractivity contribution in [2.45, 2.75) is 32.7 Å². The molecule has 0 aliphatic carbocycles. The van der Waals surface area contributed by atoms with Gasteiger partial charge in [-0.2, -0.15) is 0 Å². The first-order valence-electron chi connectivity index (χ1n) is 8.89. The number of anilines is 1. The van der Waals surface area contributed by atoms with Gasteiger partial charge in [0.15, 0.2) is 0 Å². The average Bonchev–Trinajstić information content (AvgIpc) is 3.09. The fourth-order valence-electron chi connectivity index (χ4n) is 3.37. The maximum atomic E-state index is 12.7. The van der Waals surface area contributed by atoms with E-state index in [0.717, 1.165) is 35.4 Å². The summed E-state index contributed by atoms with van der Waals surface area (Å²) in [6, 6.07) is 13.2. The van der Waals surface area contributed by atoms with Gasteiger partial charge in [0.25, 0.3) is 5.91 Å². The third-order valence-corrected chi connectivity index (χ3v) is 4.85. The molecule has 0 aromatic heterocycles. The molecule has 0 saturated heterocycles. The molecule has 1 atom stereocenters. The number of hydrogen-bond acceptors (Lipinski definition) is 3. The predicted molar refractivity (Wildman–Crippen MR) is 102 cm³/mol. The number of nitrogens with zero attached hydrogens (tertiary/aromatic N) is 1. The van der Waals surface area contributed by atoms with Crippen LogP contribution in [0.1, 0.15) is 47.8 Å². The molecule has 1 heterocycles. The summed E-state index contributed by atoms with van der Waals surface area (Å²) >= 11 is 0. The minimum absolute atomic E-state index is 0.0338. The molecule has 1 N–H and O–H groups in total. The van der Waals surface area contributed by atoms with E-state index in [9.17, 15) is 9.59 Å². The molecule has 26 heavy (non-hydrogen) atoms. The topological polar surface area (TPSA) is 58.6 Å². The number of nitrogens with one attached hydrogen (secondary N) is 1. The summed E-state index contributed by atoms with van der Waals surface area (Å²) in [6.07, 6.45) is 1.58. The largest absolute Gasteiger partial charge is 0.497 e. The van der Waals surface area contributed by atoms with Crippen LogP contribution < -0.4 is 15.0 Å². The van der Waals surface area contributed by atoms with Crippen LogP contribution in [-0.2, 0) is 11.2 Å². The first kappa shape index (κ1) is 18.0. The second-order valence-electron chi connectivity index (χ2n) is 6.47. The SMILES string of the molecule is CC[C@@H](NC(=O)c1ccc2c(c1)CCN2C(C)=O)c1ccc(OC)cc1. The lowest BCUT2D eigenvalue weighted by Gasteiger charge is -2.19. The van der Waals surface area contributed by atoms with Crippen LogP contribution in [0.15, 0.2) is 42.5 Å². The quantitative estimate of drug-likeness (QED) is 0.896. The Labute approximate surface area is 154 Å². The summed E-state index contributed by atoms with van der Waals surface area (Å²) < 4.78 is 5.19. The molecular weight excluding hydrogens is 328 g/mol. The van der Waals surface area contributed by atoms with Crippen LogP contribution in [0.2, 0.25) is 0 Å². The zero-order valence-electron chi connectivity index (χ0n) is 15.4. The third kappa shape index (κ3) is 3.57. The maximum absolute atomic E-state index is 12.7. The Kier molecular flexibility index (Phi) is 5.26. The summed E-state index contributed by atoms with van der Waals surface area (Å²) in [5, 5.41) is 3.10. The highest BCUT2D eigenvalue weighted by Crippen LogP contribution is 2.29. The lowest BCUT2D eigenvalue weighted by atomic mass is 10.0. The van der Waals surface area contributed by atoms with Crippen LogP contribution in [-0.4, -0.2) is 25.5 Å². The van der Waals surface area contributed by atoms with Crippen molar-refractivity contribution in [3.8, 4) is 5.75 Å². The van der Waals surface area contributed by atoms with Crippen LogP contribution in [0.3, 0.4) is 0 Å². The number of benzene rings is 2. The van der Waals surface area contributed by atoms with Gasteiger partial charge in [-0.05, 0) is 54.3 Å². The van der Waals surface area contributed by atoms with Crippen LogP contribution in [0.4, 0.5) is 5.69 Å². The van der Waals surface area contributed by atoms with Gasteiger partial charge >= 0.3 is 0 Å². The Morgan fingerprint density at radius 2 is 1.92 bits per heavy atom. The molecule has 0 radical (unpaired) electrons. The van der Waals surface area contributed by atoms with Crippen molar-refractivity contribution >= 4 is 17.5 Å². The van der Waals surface area contributed by atoms with Crippen LogP contribution >= 0.6 is 0 Å². The van der Waals surface area contributed by atoms with E-state index in [4.69, 9.17) is 4.74 Å². The number of ether oxygens (including phenoxy) is 1. The van der Waals surface area contributed by atoms with Gasteiger partial charge in [0.2, 0.25) is 5.91 Å². The molecule has 5 heteroatoms. The van der Waals surface area contributed by atoms with Crippen molar-refractivity contribution in [1.82, 2.24) is 5.32 Å². The van der Waals surface area contributed by atoms with E-state index in [1.165, 1.54) is 0 Å². The van der Waals surface area contributed by atoms with Gasteiger partial charge < -0.3 is 15.0 Å². The van der Waals surface area contributed by atoms with Gasteiger partial charge in [-0.1, -0.05) is 19.1 Å². The van der Waals surface area contributed by atoms with Crippen molar-refractivity contribution in [1.29, 1.82) is 0 Å². The molecule has 0 fully saturated rings. The van der Waals surface area contributed by atoms with Gasteiger partial charge in [0.1, 0.15) is 5.75 Å². The third-order valence-electron chi connectivity index (χ3n) is 4.85. The molecule has 1 aliphatic heterocycles. The van der Waals surface area contributed by atoms with Gasteiger partial charge in [0, 0.05) is 24.7 Å². The monoisotopic (exact) mass is 352 g/mol. The van der Waals surface area contributed by atoms with E-state index in [1.807, 2.05) is 43.3 Å². The molecule has 0 unspecified atom stereocenters. The minimum Gasteiger partial charge on any atom is -0.497 e. The molecule has 3 rings (SSSR count). The second-order valence-corrected chi connectivity index (χ2v) is 6.47. The lowest BCUT2D eigenvalue weighted by molar-refractivity contribution is -0.116. The average molecular weight is 352 g/mol. The number of amides is 2. The standard InChI is InChI=1S/C21H24N2O3/c1-4-19(15-5-8-18(26-3)9-6-15)22-21(25)17-7-10-20-16(13-17)11-12-23(20)14(2)24/h5-10,13,19H,4,11-12H2,1-3H3,(H,22,25)/t19-/m1/s1. The fraction of sp³-hybridized carbons (Fsp3) is 0.333. The Morgan fingerprint density at radius 1 is 1.19 bits per heavy atom. The number of rotatable bonds is 5. The highest BCUT2D eigenvalue weighted by Gasteiger charge is 2.23. The summed E-state index contributed by atoms with van der Waals surface area (Å²) in [5.41, 5.74) is 3.63. The zero-order chi connectivity index (χ0) is 18.7. The van der Waals surface area contributed by atoms with E-state index in [1.54, 1.807) is 25.0 Å². The Morgan fingerprint density at radius 3 is 2.54 bits per heavy atom. The van der Waals surface area contributed by atoms with Gasteiger partial charge in [-0.15, -0.1) is 0 Å². The highest BCUT2D eigenvalue weighted by molar-refractivity contribution is 5.98. The van der Waals surface area contributed by atoms with Crippen molar-refractivity contribution < 1.29 is 14.3 Å². The van der Waals surface area contributed by atoms with Crippen LogP contribution in [0.25, 0.3) is 0 Å². The molecule has 5 nitrogen and oxygen atoms in total. The molecular formula is C21H24N2O3. The van der Waals surface area contributed by atoms with Crippen LogP contribution in [0, 0.1) is 0 Å². The number of carbonyl (C=O) groups excluding carboxylic acids is 2. The predicted octanol–water partition coefficient (Wildman–Crippen LogP) is 3.49. The number of hydrogen-bond donors (Lipinski definition) is 1. The van der Waals surface area contributed by atoms with E-state index < -0.39 is 0 Å². The Bertz CT molecular complexity index is 815. The minimum atomic E-state index is -0.100. The van der Waals surface area contributed by atoms with Gasteiger partial charge in [0.05, 0.1) is 13.2 Å². The Hall–Kier alpha value is -2.82. The smallest absolute Gasteiger partial charge is 0.251 e. The van der Waals surface area contributed by atoms with E-state index in [2.05, 4.69) is 5.32 Å². The Balaban J connectivity index is 1.75. The van der Waals surface area contributed by atoms with Crippen molar-refractivity contribution in [3.05, 3.63) is 59.2 Å². The first-order valence-corrected chi connectivity index (χ1v) is 8.89.